The number of carboxylic acids is 1. The second-order valence-corrected chi connectivity index (χ2v) is 7.41. The van der Waals surface area contributed by atoms with Crippen molar-refractivity contribution in [1.29, 1.82) is 0 Å². The highest BCUT2D eigenvalue weighted by Crippen LogP contribution is 2.33. The van der Waals surface area contributed by atoms with Crippen molar-refractivity contribution in [2.75, 3.05) is 0 Å². The molecule has 2 aromatic heterocycles. The van der Waals surface area contributed by atoms with E-state index in [0.717, 1.165) is 30.4 Å². The average Bonchev–Trinajstić information content (AvgIpc) is 3.24. The van der Waals surface area contributed by atoms with Crippen molar-refractivity contribution in [1.82, 2.24) is 15.2 Å². The van der Waals surface area contributed by atoms with Gasteiger partial charge in [-0.1, -0.05) is 30.1 Å². The zero-order valence-corrected chi connectivity index (χ0v) is 16.5. The van der Waals surface area contributed by atoms with Crippen molar-refractivity contribution >= 4 is 47.0 Å². The van der Waals surface area contributed by atoms with Gasteiger partial charge >= 0.3 is 5.97 Å². The van der Waals surface area contributed by atoms with Crippen molar-refractivity contribution in [2.24, 2.45) is 0 Å². The predicted octanol–water partition coefficient (Wildman–Crippen LogP) is 5.54. The lowest BCUT2D eigenvalue weighted by Gasteiger charge is -2.01. The van der Waals surface area contributed by atoms with Crippen LogP contribution in [0.4, 0.5) is 0 Å². The summed E-state index contributed by atoms with van der Waals surface area (Å²) in [4.78, 5) is 15.9. The summed E-state index contributed by atoms with van der Waals surface area (Å²) in [6.07, 6.45) is 3.10. The molecule has 3 aromatic rings. The molecule has 0 saturated heterocycles. The van der Waals surface area contributed by atoms with E-state index in [4.69, 9.17) is 27.6 Å². The third-order valence-electron chi connectivity index (χ3n) is 3.51. The number of carbonyl (C=O) groups is 1. The topological polar surface area (TPSA) is 92.0 Å². The number of benzene rings is 1. The molecular weight excluding hydrogens is 409 g/mol. The molecule has 0 unspecified atom stereocenters. The number of furan rings is 1. The second-order valence-electron chi connectivity index (χ2n) is 5.56. The Morgan fingerprint density at radius 2 is 2.15 bits per heavy atom. The molecule has 0 aliphatic heterocycles. The maximum absolute atomic E-state index is 11.6. The van der Waals surface area contributed by atoms with Crippen LogP contribution in [-0.4, -0.2) is 26.3 Å². The largest absolute Gasteiger partial charge is 0.477 e. The number of aryl methyl sites for hydroxylation is 1. The van der Waals surface area contributed by atoms with E-state index >= 15 is 0 Å². The van der Waals surface area contributed by atoms with Crippen molar-refractivity contribution in [2.45, 2.75) is 24.9 Å². The van der Waals surface area contributed by atoms with Gasteiger partial charge in [0.2, 0.25) is 5.16 Å². The molecule has 0 radical (unpaired) electrons. The number of nitrogens with one attached hydrogen (secondary N) is 1. The Hall–Kier alpha value is -2.22. The van der Waals surface area contributed by atoms with Crippen LogP contribution >= 0.6 is 35.0 Å². The first-order valence-electron chi connectivity index (χ1n) is 8.05. The zero-order valence-electron chi connectivity index (χ0n) is 14.2. The summed E-state index contributed by atoms with van der Waals surface area (Å²) in [5.41, 5.74) is 0.670. The fourth-order valence-electron chi connectivity index (χ4n) is 2.30. The minimum Gasteiger partial charge on any atom is -0.477 e. The molecule has 0 aliphatic carbocycles. The summed E-state index contributed by atoms with van der Waals surface area (Å²) >= 11 is 13.0. The van der Waals surface area contributed by atoms with E-state index in [9.17, 15) is 9.90 Å². The smallest absolute Gasteiger partial charge is 0.342 e. The first-order chi connectivity index (χ1) is 13.0. The van der Waals surface area contributed by atoms with E-state index in [0.29, 0.717) is 32.3 Å². The number of carboxylic acid groups (broad SMARTS) is 1. The van der Waals surface area contributed by atoms with Gasteiger partial charge in [0.1, 0.15) is 22.3 Å². The van der Waals surface area contributed by atoms with E-state index in [1.807, 2.05) is 6.92 Å². The first kappa shape index (κ1) is 19.5. The van der Waals surface area contributed by atoms with Crippen molar-refractivity contribution in [3.63, 3.8) is 0 Å². The minimum atomic E-state index is -1.09. The lowest BCUT2D eigenvalue weighted by molar-refractivity contribution is -0.131. The Kier molecular flexibility index (Phi) is 6.26. The number of aromatic nitrogens is 3. The van der Waals surface area contributed by atoms with E-state index in [-0.39, 0.29) is 4.91 Å². The van der Waals surface area contributed by atoms with Crippen molar-refractivity contribution in [3.8, 4) is 11.3 Å². The highest BCUT2D eigenvalue weighted by Gasteiger charge is 2.15. The summed E-state index contributed by atoms with van der Waals surface area (Å²) < 4.78 is 5.72. The molecule has 27 heavy (non-hydrogen) atoms. The highest BCUT2D eigenvalue weighted by atomic mass is 35.5. The van der Waals surface area contributed by atoms with Gasteiger partial charge in [-0.05, 0) is 48.5 Å². The summed E-state index contributed by atoms with van der Waals surface area (Å²) in [5.74, 6) is 0.526. The molecule has 2 heterocycles. The number of rotatable bonds is 7. The first-order valence-corrected chi connectivity index (χ1v) is 9.63. The number of hydrogen-bond donors (Lipinski definition) is 2. The van der Waals surface area contributed by atoms with Crippen LogP contribution in [0.2, 0.25) is 10.0 Å². The van der Waals surface area contributed by atoms with E-state index in [1.54, 1.807) is 30.3 Å². The number of H-pyrrole nitrogens is 1. The Balaban J connectivity index is 1.83. The SMILES string of the molecule is CCCc1nc(S/C(=C\c2ccc(-c3ccc(Cl)cc3Cl)o2)C(=O)O)n[nH]1. The van der Waals surface area contributed by atoms with Gasteiger partial charge in [0.15, 0.2) is 0 Å². The molecule has 0 saturated carbocycles. The number of nitrogens with zero attached hydrogens (tertiary/aromatic N) is 2. The summed E-state index contributed by atoms with van der Waals surface area (Å²) in [7, 11) is 0. The lowest BCUT2D eigenvalue weighted by Crippen LogP contribution is -1.97. The predicted molar refractivity (Wildman–Crippen MR) is 106 cm³/mol. The maximum atomic E-state index is 11.6. The molecular formula is C18H15Cl2N3O3S. The standard InChI is InChI=1S/C18H15Cl2N3O3S/c1-2-3-16-21-18(23-22-16)27-15(17(24)25)9-11-5-7-14(26-11)12-6-4-10(19)8-13(12)20/h4-9H,2-3H2,1H3,(H,24,25)(H,21,22,23)/b15-9-. The molecule has 6 nitrogen and oxygen atoms in total. The van der Waals surface area contributed by atoms with Gasteiger partial charge in [0.25, 0.3) is 0 Å². The molecule has 0 amide bonds. The molecule has 3 rings (SSSR count). The third kappa shape index (κ3) is 4.94. The van der Waals surface area contributed by atoms with Crippen LogP contribution in [0.1, 0.15) is 24.9 Å². The Labute approximate surface area is 169 Å². The molecule has 140 valence electrons. The van der Waals surface area contributed by atoms with Gasteiger partial charge in [-0.15, -0.1) is 5.10 Å². The molecule has 0 aliphatic rings. The number of thioether (sulfide) groups is 1. The average molecular weight is 424 g/mol. The monoisotopic (exact) mass is 423 g/mol. The molecule has 0 fully saturated rings. The Morgan fingerprint density at radius 3 is 2.85 bits per heavy atom. The van der Waals surface area contributed by atoms with Crippen LogP contribution in [0.5, 0.6) is 0 Å². The Bertz CT molecular complexity index is 997. The number of hydrogen-bond acceptors (Lipinski definition) is 5. The quantitative estimate of drug-likeness (QED) is 0.382. The molecule has 9 heteroatoms. The van der Waals surface area contributed by atoms with Crippen LogP contribution in [0.15, 0.2) is 44.8 Å². The highest BCUT2D eigenvalue weighted by molar-refractivity contribution is 8.04. The molecule has 0 atom stereocenters. The Morgan fingerprint density at radius 1 is 1.33 bits per heavy atom. The van der Waals surface area contributed by atoms with Crippen LogP contribution in [0.25, 0.3) is 17.4 Å². The van der Waals surface area contributed by atoms with Crippen molar-refractivity contribution in [3.05, 3.63) is 56.9 Å². The van der Waals surface area contributed by atoms with Gasteiger partial charge in [-0.25, -0.2) is 9.78 Å². The molecule has 2 N–H and O–H groups in total. The fourth-order valence-corrected chi connectivity index (χ4v) is 3.51. The van der Waals surface area contributed by atoms with E-state index in [2.05, 4.69) is 15.2 Å². The van der Waals surface area contributed by atoms with E-state index < -0.39 is 5.97 Å². The summed E-state index contributed by atoms with van der Waals surface area (Å²) in [5, 5.41) is 17.6. The maximum Gasteiger partial charge on any atom is 0.342 e. The summed E-state index contributed by atoms with van der Waals surface area (Å²) in [6, 6.07) is 8.46. The lowest BCUT2D eigenvalue weighted by atomic mass is 10.2. The minimum absolute atomic E-state index is 0.0418. The van der Waals surface area contributed by atoms with Gasteiger partial charge in [-0.2, -0.15) is 0 Å². The van der Waals surface area contributed by atoms with Crippen molar-refractivity contribution < 1.29 is 14.3 Å². The van der Waals surface area contributed by atoms with Gasteiger partial charge in [0.05, 0.1) is 5.02 Å². The van der Waals surface area contributed by atoms with Crippen LogP contribution in [-0.2, 0) is 11.2 Å². The fraction of sp³-hybridized carbons (Fsp3) is 0.167. The van der Waals surface area contributed by atoms with Gasteiger partial charge in [0, 0.05) is 23.1 Å². The van der Waals surface area contributed by atoms with E-state index in [1.165, 1.54) is 6.08 Å². The molecule has 0 bridgehead atoms. The summed E-state index contributed by atoms with van der Waals surface area (Å²) in [6.45, 7) is 2.03. The molecule has 1 aromatic carbocycles. The van der Waals surface area contributed by atoms with Gasteiger partial charge in [-0.3, -0.25) is 5.10 Å². The third-order valence-corrected chi connectivity index (χ3v) is 4.93. The number of halogens is 2. The number of aromatic amines is 1. The normalized spacial score (nSPS) is 11.7. The second kappa shape index (κ2) is 8.65. The molecule has 0 spiro atoms. The van der Waals surface area contributed by atoms with Crippen LogP contribution < -0.4 is 0 Å². The van der Waals surface area contributed by atoms with Gasteiger partial charge < -0.3 is 9.52 Å². The van der Waals surface area contributed by atoms with Crippen LogP contribution in [0, 0.1) is 0 Å². The number of aliphatic carboxylic acids is 1. The zero-order chi connectivity index (χ0) is 19.4. The van der Waals surface area contributed by atoms with Crippen LogP contribution in [0.3, 0.4) is 0 Å².